The molecule has 5 nitrogen and oxygen atoms in total. The second kappa shape index (κ2) is 11.0. The fourth-order valence-corrected chi connectivity index (χ4v) is 4.19. The van der Waals surface area contributed by atoms with E-state index in [4.69, 9.17) is 9.72 Å². The molecule has 0 aliphatic rings. The van der Waals surface area contributed by atoms with E-state index in [0.29, 0.717) is 24.8 Å². The molecule has 34 heavy (non-hydrogen) atoms. The van der Waals surface area contributed by atoms with E-state index in [1.807, 2.05) is 47.0 Å². The summed E-state index contributed by atoms with van der Waals surface area (Å²) in [7, 11) is 1.66. The van der Waals surface area contributed by atoms with E-state index < -0.39 is 0 Å². The number of nitrogens with one attached hydrogen (secondary N) is 1. The van der Waals surface area contributed by atoms with E-state index >= 15 is 0 Å². The molecule has 0 bridgehead atoms. The van der Waals surface area contributed by atoms with Crippen molar-refractivity contribution >= 4 is 16.9 Å². The number of nitrogens with zero attached hydrogens (tertiary/aromatic N) is 2. The van der Waals surface area contributed by atoms with Crippen LogP contribution in [0.4, 0.5) is 0 Å². The first-order valence-corrected chi connectivity index (χ1v) is 12.1. The Morgan fingerprint density at radius 3 is 2.47 bits per heavy atom. The number of aromatic nitrogens is 2. The minimum absolute atomic E-state index is 0.124. The van der Waals surface area contributed by atoms with Crippen LogP contribution < -0.4 is 10.1 Å². The first-order chi connectivity index (χ1) is 16.6. The topological polar surface area (TPSA) is 56.1 Å². The first kappa shape index (κ1) is 23.6. The smallest absolute Gasteiger partial charge is 0.287 e. The van der Waals surface area contributed by atoms with Crippen LogP contribution in [0.5, 0.6) is 5.75 Å². The number of rotatable bonds is 10. The molecular weight excluding hydrogens is 422 g/mol. The van der Waals surface area contributed by atoms with Crippen LogP contribution in [0, 0.1) is 5.92 Å². The number of carbonyl (C=O) groups excluding carboxylic acids is 1. The highest BCUT2D eigenvalue weighted by Crippen LogP contribution is 2.27. The molecule has 4 aromatic rings. The molecule has 0 aliphatic carbocycles. The summed E-state index contributed by atoms with van der Waals surface area (Å²) in [6.45, 7) is 5.62. The molecule has 5 heteroatoms. The molecule has 4 rings (SSSR count). The monoisotopic (exact) mass is 455 g/mol. The summed E-state index contributed by atoms with van der Waals surface area (Å²) in [5, 5.41) is 3.12. The number of ether oxygens (including phenoxy) is 1. The Kier molecular flexibility index (Phi) is 7.63. The Morgan fingerprint density at radius 2 is 1.76 bits per heavy atom. The van der Waals surface area contributed by atoms with Gasteiger partial charge in [-0.1, -0.05) is 75.2 Å². The second-order valence-corrected chi connectivity index (χ2v) is 8.90. The molecule has 1 amide bonds. The molecule has 1 N–H and O–H groups in total. The fourth-order valence-electron chi connectivity index (χ4n) is 4.19. The molecule has 0 spiro atoms. The van der Waals surface area contributed by atoms with Crippen molar-refractivity contribution in [1.82, 2.24) is 14.9 Å². The Morgan fingerprint density at radius 1 is 1.03 bits per heavy atom. The van der Waals surface area contributed by atoms with Gasteiger partial charge in [0.15, 0.2) is 5.82 Å². The number of amides is 1. The van der Waals surface area contributed by atoms with Gasteiger partial charge in [0.2, 0.25) is 0 Å². The third-order valence-electron chi connectivity index (χ3n) is 6.22. The average molecular weight is 456 g/mol. The maximum absolute atomic E-state index is 13.2. The van der Waals surface area contributed by atoms with Crippen molar-refractivity contribution < 1.29 is 9.53 Å². The van der Waals surface area contributed by atoms with E-state index in [9.17, 15) is 4.79 Å². The van der Waals surface area contributed by atoms with E-state index in [2.05, 4.69) is 49.5 Å². The highest BCUT2D eigenvalue weighted by Gasteiger charge is 2.19. The summed E-state index contributed by atoms with van der Waals surface area (Å²) in [5.41, 5.74) is 5.03. The van der Waals surface area contributed by atoms with Crippen LogP contribution in [0.25, 0.3) is 22.2 Å². The standard InChI is InChI=1S/C29H33N3O2/c1-4-5-9-21(2)19-30-29(33)28-31-26-18-24(23-12-15-25(34-3)16-13-23)14-17-27(26)32(28)20-22-10-7-6-8-11-22/h6-8,10-18,21H,4-5,9,19-20H2,1-3H3,(H,30,33)/t21-/m0/s1. The average Bonchev–Trinajstić information content (AvgIpc) is 3.24. The van der Waals surface area contributed by atoms with Crippen LogP contribution in [0.2, 0.25) is 0 Å². The molecule has 176 valence electrons. The SMILES string of the molecule is CCCC[C@H](C)CNC(=O)c1nc2cc(-c3ccc(OC)cc3)ccc2n1Cc1ccccc1. The molecule has 1 atom stereocenters. The Balaban J connectivity index is 1.67. The van der Waals surface area contributed by atoms with Gasteiger partial charge in [0.25, 0.3) is 5.91 Å². The summed E-state index contributed by atoms with van der Waals surface area (Å²) < 4.78 is 7.30. The maximum atomic E-state index is 13.2. The predicted octanol–water partition coefficient (Wildman–Crippen LogP) is 6.32. The highest BCUT2D eigenvalue weighted by atomic mass is 16.5. The third-order valence-corrected chi connectivity index (χ3v) is 6.22. The van der Waals surface area contributed by atoms with Gasteiger partial charge in [-0.15, -0.1) is 0 Å². The number of unbranched alkanes of at least 4 members (excludes halogenated alkanes) is 1. The van der Waals surface area contributed by atoms with E-state index in [1.165, 1.54) is 12.8 Å². The Bertz CT molecular complexity index is 1230. The molecule has 1 aromatic heterocycles. The van der Waals surface area contributed by atoms with E-state index in [1.54, 1.807) is 7.11 Å². The maximum Gasteiger partial charge on any atom is 0.287 e. The van der Waals surface area contributed by atoms with Gasteiger partial charge < -0.3 is 14.6 Å². The minimum atomic E-state index is -0.124. The molecule has 3 aromatic carbocycles. The van der Waals surface area contributed by atoms with Crippen molar-refractivity contribution in [2.24, 2.45) is 5.92 Å². The van der Waals surface area contributed by atoms with Gasteiger partial charge in [-0.05, 0) is 53.3 Å². The van der Waals surface area contributed by atoms with Gasteiger partial charge in [0.05, 0.1) is 18.1 Å². The zero-order valence-corrected chi connectivity index (χ0v) is 20.3. The highest BCUT2D eigenvalue weighted by molar-refractivity contribution is 5.95. The molecule has 0 fully saturated rings. The van der Waals surface area contributed by atoms with Gasteiger partial charge >= 0.3 is 0 Å². The Hall–Kier alpha value is -3.60. The fraction of sp³-hybridized carbons (Fsp3) is 0.310. The van der Waals surface area contributed by atoms with Crippen molar-refractivity contribution in [3.05, 3.63) is 84.2 Å². The van der Waals surface area contributed by atoms with Crippen molar-refractivity contribution in [3.63, 3.8) is 0 Å². The van der Waals surface area contributed by atoms with Gasteiger partial charge in [0.1, 0.15) is 5.75 Å². The number of benzene rings is 3. The number of hydrogen-bond donors (Lipinski definition) is 1. The van der Waals surface area contributed by atoms with E-state index in [-0.39, 0.29) is 5.91 Å². The number of methoxy groups -OCH3 is 1. The molecule has 1 heterocycles. The molecule has 0 saturated heterocycles. The largest absolute Gasteiger partial charge is 0.497 e. The van der Waals surface area contributed by atoms with Crippen LogP contribution in [0.3, 0.4) is 0 Å². The number of hydrogen-bond acceptors (Lipinski definition) is 3. The summed E-state index contributed by atoms with van der Waals surface area (Å²) in [4.78, 5) is 18.0. The van der Waals surface area contributed by atoms with Gasteiger partial charge in [-0.2, -0.15) is 0 Å². The molecule has 0 radical (unpaired) electrons. The van der Waals surface area contributed by atoms with Crippen LogP contribution in [0.1, 0.15) is 49.3 Å². The summed E-state index contributed by atoms with van der Waals surface area (Å²) >= 11 is 0. The normalized spacial score (nSPS) is 12.0. The molecule has 0 unspecified atom stereocenters. The zero-order chi connectivity index (χ0) is 23.9. The molecule has 0 aliphatic heterocycles. The summed E-state index contributed by atoms with van der Waals surface area (Å²) in [6.07, 6.45) is 3.46. The summed E-state index contributed by atoms with van der Waals surface area (Å²) in [6, 6.07) is 24.4. The van der Waals surface area contributed by atoms with Crippen molar-refractivity contribution in [2.45, 2.75) is 39.7 Å². The third kappa shape index (κ3) is 5.48. The van der Waals surface area contributed by atoms with Crippen molar-refractivity contribution in [3.8, 4) is 16.9 Å². The number of imidazole rings is 1. The lowest BCUT2D eigenvalue weighted by atomic mass is 10.0. The lowest BCUT2D eigenvalue weighted by Crippen LogP contribution is -2.30. The van der Waals surface area contributed by atoms with Gasteiger partial charge in [-0.3, -0.25) is 4.79 Å². The van der Waals surface area contributed by atoms with Crippen LogP contribution in [-0.2, 0) is 6.54 Å². The van der Waals surface area contributed by atoms with Crippen LogP contribution in [-0.4, -0.2) is 29.1 Å². The Labute approximate surface area is 201 Å². The van der Waals surface area contributed by atoms with Gasteiger partial charge in [0, 0.05) is 13.1 Å². The van der Waals surface area contributed by atoms with Crippen LogP contribution >= 0.6 is 0 Å². The zero-order valence-electron chi connectivity index (χ0n) is 20.3. The van der Waals surface area contributed by atoms with Gasteiger partial charge in [-0.25, -0.2) is 4.98 Å². The summed E-state index contributed by atoms with van der Waals surface area (Å²) in [5.74, 6) is 1.59. The second-order valence-electron chi connectivity index (χ2n) is 8.90. The minimum Gasteiger partial charge on any atom is -0.497 e. The lowest BCUT2D eigenvalue weighted by molar-refractivity contribution is 0.0933. The lowest BCUT2D eigenvalue weighted by Gasteiger charge is -2.13. The van der Waals surface area contributed by atoms with Crippen molar-refractivity contribution in [2.75, 3.05) is 13.7 Å². The number of carbonyl (C=O) groups is 1. The van der Waals surface area contributed by atoms with Crippen molar-refractivity contribution in [1.29, 1.82) is 0 Å². The van der Waals surface area contributed by atoms with Crippen LogP contribution in [0.15, 0.2) is 72.8 Å². The first-order valence-electron chi connectivity index (χ1n) is 12.1. The quantitative estimate of drug-likeness (QED) is 0.305. The van der Waals surface area contributed by atoms with E-state index in [0.717, 1.165) is 39.9 Å². The predicted molar refractivity (Wildman–Crippen MR) is 138 cm³/mol. The molecule has 0 saturated carbocycles. The number of fused-ring (bicyclic) bond motifs is 1. The molecular formula is C29H33N3O2.